The van der Waals surface area contributed by atoms with E-state index < -0.39 is 0 Å². The quantitative estimate of drug-likeness (QED) is 0.564. The second-order valence-electron chi connectivity index (χ2n) is 7.77. The zero-order chi connectivity index (χ0) is 19.0. The number of rotatable bonds is 5. The molecule has 0 atom stereocenters. The highest BCUT2D eigenvalue weighted by atomic mass is 35.5. The minimum absolute atomic E-state index is 0.102. The molecule has 2 heterocycles. The Bertz CT molecular complexity index is 969. The van der Waals surface area contributed by atoms with Crippen molar-refractivity contribution in [1.29, 1.82) is 0 Å². The highest BCUT2D eigenvalue weighted by Crippen LogP contribution is 2.31. The van der Waals surface area contributed by atoms with Crippen LogP contribution in [0, 0.1) is 11.8 Å². The Balaban J connectivity index is 1.65. The van der Waals surface area contributed by atoms with Crippen molar-refractivity contribution in [3.8, 4) is 5.13 Å². The molecule has 1 saturated carbocycles. The van der Waals surface area contributed by atoms with Crippen molar-refractivity contribution in [1.82, 2.24) is 9.55 Å². The Morgan fingerprint density at radius 3 is 2.89 bits per heavy atom. The molecule has 1 N–H and O–H groups in total. The van der Waals surface area contributed by atoms with Gasteiger partial charge in [-0.05, 0) is 42.9 Å². The van der Waals surface area contributed by atoms with Crippen LogP contribution in [-0.2, 0) is 11.2 Å². The first-order valence-corrected chi connectivity index (χ1v) is 10.8. The van der Waals surface area contributed by atoms with Gasteiger partial charge in [0.25, 0.3) is 0 Å². The number of nitrogens with zero attached hydrogens (tertiary/aromatic N) is 2. The van der Waals surface area contributed by atoms with Crippen LogP contribution in [0.25, 0.3) is 16.0 Å². The molecule has 0 saturated heterocycles. The lowest BCUT2D eigenvalue weighted by Crippen LogP contribution is -2.20. The fourth-order valence-electron chi connectivity index (χ4n) is 3.88. The van der Waals surface area contributed by atoms with Gasteiger partial charge in [0.05, 0.1) is 5.52 Å². The van der Waals surface area contributed by atoms with Crippen molar-refractivity contribution in [2.24, 2.45) is 11.8 Å². The maximum absolute atomic E-state index is 12.4. The van der Waals surface area contributed by atoms with Crippen LogP contribution in [-0.4, -0.2) is 15.5 Å². The minimum atomic E-state index is 0.102. The first-order valence-electron chi connectivity index (χ1n) is 9.57. The van der Waals surface area contributed by atoms with Gasteiger partial charge in [-0.2, -0.15) is 0 Å². The first kappa shape index (κ1) is 18.5. The van der Waals surface area contributed by atoms with Crippen LogP contribution < -0.4 is 5.32 Å². The predicted octanol–water partition coefficient (Wildman–Crippen LogP) is 6.07. The van der Waals surface area contributed by atoms with E-state index in [0.717, 1.165) is 42.8 Å². The third kappa shape index (κ3) is 3.90. The molecule has 0 spiro atoms. The summed E-state index contributed by atoms with van der Waals surface area (Å²) in [7, 11) is 0. The second kappa shape index (κ2) is 7.64. The monoisotopic (exact) mass is 401 g/mol. The van der Waals surface area contributed by atoms with Crippen LogP contribution in [0.5, 0.6) is 0 Å². The van der Waals surface area contributed by atoms with Gasteiger partial charge in [-0.3, -0.25) is 9.36 Å². The van der Waals surface area contributed by atoms with E-state index in [1.165, 1.54) is 22.3 Å². The van der Waals surface area contributed by atoms with Gasteiger partial charge < -0.3 is 5.32 Å². The average Bonchev–Trinajstić information content (AvgIpc) is 3.34. The molecule has 0 unspecified atom stereocenters. The largest absolute Gasteiger partial charge is 0.310 e. The number of fused-ring (bicyclic) bond motifs is 1. The van der Waals surface area contributed by atoms with Crippen LogP contribution >= 0.6 is 22.9 Å². The molecule has 1 aliphatic rings. The lowest BCUT2D eigenvalue weighted by molar-refractivity contribution is -0.119. The van der Waals surface area contributed by atoms with E-state index in [0.29, 0.717) is 16.8 Å². The van der Waals surface area contributed by atoms with Gasteiger partial charge in [0.15, 0.2) is 5.13 Å². The van der Waals surface area contributed by atoms with Gasteiger partial charge in [0.2, 0.25) is 5.91 Å². The highest BCUT2D eigenvalue weighted by molar-refractivity contribution is 7.12. The number of carbonyl (C=O) groups excluding carboxylic acids is 1. The fraction of sp³-hybridized carbons (Fsp3) is 0.429. The smallest absolute Gasteiger partial charge is 0.228 e. The molecule has 0 bridgehead atoms. The van der Waals surface area contributed by atoms with Gasteiger partial charge in [-0.15, -0.1) is 11.3 Å². The first-order chi connectivity index (χ1) is 13.0. The summed E-state index contributed by atoms with van der Waals surface area (Å²) in [6.07, 6.45) is 7.43. The molecule has 4 rings (SSSR count). The number of nitrogens with one attached hydrogen (secondary N) is 1. The molecule has 3 aromatic rings. The average molecular weight is 402 g/mol. The van der Waals surface area contributed by atoms with E-state index in [1.54, 1.807) is 0 Å². The zero-order valence-corrected chi connectivity index (χ0v) is 17.2. The molecule has 0 aliphatic heterocycles. The molecule has 142 valence electrons. The molecule has 6 heteroatoms. The number of thiazole rings is 1. The third-order valence-electron chi connectivity index (χ3n) is 5.15. The van der Waals surface area contributed by atoms with Gasteiger partial charge >= 0.3 is 0 Å². The van der Waals surface area contributed by atoms with Gasteiger partial charge in [0, 0.05) is 27.9 Å². The predicted molar refractivity (Wildman–Crippen MR) is 113 cm³/mol. The number of aromatic nitrogens is 2. The van der Waals surface area contributed by atoms with Crippen molar-refractivity contribution in [3.63, 3.8) is 0 Å². The lowest BCUT2D eigenvalue weighted by atomic mass is 10.0. The van der Waals surface area contributed by atoms with Crippen molar-refractivity contribution < 1.29 is 4.79 Å². The Morgan fingerprint density at radius 1 is 1.37 bits per heavy atom. The topological polar surface area (TPSA) is 46.9 Å². The fourth-order valence-corrected chi connectivity index (χ4v) is 4.79. The molecule has 1 aromatic carbocycles. The normalized spacial score (nSPS) is 15.1. The van der Waals surface area contributed by atoms with Crippen LogP contribution in [0.15, 0.2) is 29.8 Å². The van der Waals surface area contributed by atoms with E-state index in [9.17, 15) is 4.79 Å². The summed E-state index contributed by atoms with van der Waals surface area (Å²) in [6.45, 7) is 4.44. The maximum Gasteiger partial charge on any atom is 0.228 e. The summed E-state index contributed by atoms with van der Waals surface area (Å²) in [4.78, 5) is 17.0. The molecule has 27 heavy (non-hydrogen) atoms. The molecule has 0 radical (unpaired) electrons. The van der Waals surface area contributed by atoms with Gasteiger partial charge in [-0.25, -0.2) is 4.98 Å². The Hall–Kier alpha value is -1.85. The third-order valence-corrected chi connectivity index (χ3v) is 6.23. The van der Waals surface area contributed by atoms with Crippen LogP contribution in [0.3, 0.4) is 0 Å². The highest BCUT2D eigenvalue weighted by Gasteiger charge is 2.23. The number of hydrogen-bond donors (Lipinski definition) is 1. The van der Waals surface area contributed by atoms with E-state index >= 15 is 0 Å². The molecular formula is C21H24ClN3OS. The number of amides is 1. The Morgan fingerprint density at radius 2 is 2.15 bits per heavy atom. The van der Waals surface area contributed by atoms with Crippen LogP contribution in [0.4, 0.5) is 5.82 Å². The maximum atomic E-state index is 12.4. The summed E-state index contributed by atoms with van der Waals surface area (Å²) in [6, 6.07) is 6.01. The Labute approximate surface area is 168 Å². The van der Waals surface area contributed by atoms with Crippen LogP contribution in [0.1, 0.15) is 45.1 Å². The summed E-state index contributed by atoms with van der Waals surface area (Å²) >= 11 is 7.79. The lowest BCUT2D eigenvalue weighted by Gasteiger charge is -2.07. The molecule has 4 nitrogen and oxygen atoms in total. The van der Waals surface area contributed by atoms with E-state index in [4.69, 9.17) is 11.6 Å². The summed E-state index contributed by atoms with van der Waals surface area (Å²) < 4.78 is 2.09. The molecule has 2 aromatic heterocycles. The van der Waals surface area contributed by atoms with Crippen molar-refractivity contribution in [3.05, 3.63) is 40.4 Å². The number of anilines is 1. The summed E-state index contributed by atoms with van der Waals surface area (Å²) in [5.74, 6) is 1.45. The summed E-state index contributed by atoms with van der Waals surface area (Å²) in [5.41, 5.74) is 2.35. The zero-order valence-electron chi connectivity index (χ0n) is 15.7. The number of carbonyl (C=O) groups is 1. The SMILES string of the molecule is CC(C)Cc1cn(-c2nc(NC(=O)C3CCCC3)cs2)c2cc(Cl)ccc12. The van der Waals surface area contributed by atoms with Crippen LogP contribution in [0.2, 0.25) is 5.02 Å². The van der Waals surface area contributed by atoms with Gasteiger partial charge in [-0.1, -0.05) is 44.4 Å². The molecule has 1 fully saturated rings. The van der Waals surface area contributed by atoms with Crippen molar-refractivity contribution >= 4 is 45.6 Å². The number of hydrogen-bond acceptors (Lipinski definition) is 3. The van der Waals surface area contributed by atoms with Gasteiger partial charge in [0.1, 0.15) is 5.82 Å². The van der Waals surface area contributed by atoms with Crippen molar-refractivity contribution in [2.75, 3.05) is 5.32 Å². The number of benzene rings is 1. The summed E-state index contributed by atoms with van der Waals surface area (Å²) in [5, 5.41) is 7.68. The standard InChI is InChI=1S/C21H24ClN3OS/c1-13(2)9-15-11-25(18-10-16(22)7-8-17(15)18)21-24-19(12-27-21)23-20(26)14-5-3-4-6-14/h7-8,10-14H,3-6,9H2,1-2H3,(H,23,26). The van der Waals surface area contributed by atoms with E-state index in [1.807, 2.05) is 17.5 Å². The minimum Gasteiger partial charge on any atom is -0.310 e. The number of halogens is 1. The van der Waals surface area contributed by atoms with Crippen molar-refractivity contribution in [2.45, 2.75) is 46.0 Å². The molecule has 1 aliphatic carbocycles. The molecule has 1 amide bonds. The molecular weight excluding hydrogens is 378 g/mol. The second-order valence-corrected chi connectivity index (χ2v) is 9.04. The van der Waals surface area contributed by atoms with E-state index in [2.05, 4.69) is 41.0 Å². The van der Waals surface area contributed by atoms with E-state index in [-0.39, 0.29) is 11.8 Å². The Kier molecular flexibility index (Phi) is 5.24.